The minimum atomic E-state index is -3.78. The molecule has 0 aromatic heterocycles. The highest BCUT2D eigenvalue weighted by atomic mass is 32.2. The van der Waals surface area contributed by atoms with Crippen LogP contribution in [0.25, 0.3) is 0 Å². The third-order valence-corrected chi connectivity index (χ3v) is 3.38. The molecule has 0 heterocycles. The normalized spacial score (nSPS) is 14.1. The van der Waals surface area contributed by atoms with Crippen molar-refractivity contribution >= 4 is 9.84 Å². The Bertz CT molecular complexity index is 398. The molecule has 13 heavy (non-hydrogen) atoms. The van der Waals surface area contributed by atoms with Crippen molar-refractivity contribution in [1.29, 1.82) is 0 Å². The molecule has 1 N–H and O–H groups in total. The lowest BCUT2D eigenvalue weighted by Crippen LogP contribution is -2.16. The molecule has 1 aromatic rings. The van der Waals surface area contributed by atoms with Gasteiger partial charge in [0.1, 0.15) is 5.82 Å². The first kappa shape index (κ1) is 10.1. The largest absolute Gasteiger partial charge is 0.377 e. The van der Waals surface area contributed by atoms with Crippen molar-refractivity contribution in [2.24, 2.45) is 0 Å². The van der Waals surface area contributed by atoms with Crippen LogP contribution in [0.2, 0.25) is 0 Å². The molecule has 1 atom stereocenters. The lowest BCUT2D eigenvalue weighted by molar-refractivity contribution is 0.268. The van der Waals surface area contributed by atoms with Crippen molar-refractivity contribution in [3.63, 3.8) is 0 Å². The molecule has 0 aliphatic heterocycles. The van der Waals surface area contributed by atoms with E-state index in [1.54, 1.807) is 0 Å². The highest BCUT2D eigenvalue weighted by molar-refractivity contribution is 7.91. The Morgan fingerprint density at radius 3 is 2.54 bits per heavy atom. The summed E-state index contributed by atoms with van der Waals surface area (Å²) >= 11 is 0. The third kappa shape index (κ3) is 2.05. The molecule has 5 heteroatoms. The van der Waals surface area contributed by atoms with Crippen LogP contribution in [0.4, 0.5) is 4.39 Å². The molecular formula is C8H9FO3S. The minimum absolute atomic E-state index is 0.206. The Morgan fingerprint density at radius 1 is 1.46 bits per heavy atom. The van der Waals surface area contributed by atoms with Gasteiger partial charge in [0, 0.05) is 0 Å². The molecule has 1 rings (SSSR count). The lowest BCUT2D eigenvalue weighted by atomic mass is 10.4. The average Bonchev–Trinajstić information content (AvgIpc) is 2.04. The van der Waals surface area contributed by atoms with Crippen LogP contribution in [-0.2, 0) is 9.84 Å². The standard InChI is InChI=1S/C8H9FO3S/c1-6(10)13(11,12)8-4-2-3-7(9)5-8/h2-6,10H,1H3/t6-/m0/s1. The van der Waals surface area contributed by atoms with Crippen LogP contribution < -0.4 is 0 Å². The van der Waals surface area contributed by atoms with E-state index in [9.17, 15) is 12.8 Å². The van der Waals surface area contributed by atoms with Gasteiger partial charge in [0.15, 0.2) is 5.44 Å². The van der Waals surface area contributed by atoms with E-state index in [2.05, 4.69) is 0 Å². The van der Waals surface area contributed by atoms with E-state index in [1.165, 1.54) is 12.1 Å². The summed E-state index contributed by atoms with van der Waals surface area (Å²) in [5, 5.41) is 8.91. The number of aliphatic hydroxyl groups is 1. The summed E-state index contributed by atoms with van der Waals surface area (Å²) in [6.45, 7) is 1.13. The zero-order chi connectivity index (χ0) is 10.1. The number of hydrogen-bond donors (Lipinski definition) is 1. The summed E-state index contributed by atoms with van der Waals surface area (Å²) in [4.78, 5) is -0.206. The summed E-state index contributed by atoms with van der Waals surface area (Å²) in [5.41, 5.74) is -1.52. The first-order chi connectivity index (χ1) is 5.94. The molecule has 0 aliphatic carbocycles. The zero-order valence-electron chi connectivity index (χ0n) is 6.94. The topological polar surface area (TPSA) is 54.4 Å². The number of halogens is 1. The van der Waals surface area contributed by atoms with E-state index in [1.807, 2.05) is 0 Å². The van der Waals surface area contributed by atoms with Gasteiger partial charge in [-0.2, -0.15) is 0 Å². The highest BCUT2D eigenvalue weighted by Crippen LogP contribution is 2.15. The molecule has 0 radical (unpaired) electrons. The molecule has 3 nitrogen and oxygen atoms in total. The van der Waals surface area contributed by atoms with Crippen LogP contribution in [0, 0.1) is 5.82 Å². The molecule has 0 bridgehead atoms. The fourth-order valence-corrected chi connectivity index (χ4v) is 1.78. The zero-order valence-corrected chi connectivity index (χ0v) is 7.75. The van der Waals surface area contributed by atoms with Crippen LogP contribution in [-0.4, -0.2) is 19.0 Å². The Balaban J connectivity index is 3.24. The monoisotopic (exact) mass is 204 g/mol. The van der Waals surface area contributed by atoms with Gasteiger partial charge in [-0.05, 0) is 25.1 Å². The van der Waals surface area contributed by atoms with E-state index in [4.69, 9.17) is 5.11 Å². The van der Waals surface area contributed by atoms with Gasteiger partial charge in [-0.3, -0.25) is 0 Å². The van der Waals surface area contributed by atoms with Crippen LogP contribution in [0.3, 0.4) is 0 Å². The van der Waals surface area contributed by atoms with Gasteiger partial charge >= 0.3 is 0 Å². The fourth-order valence-electron chi connectivity index (χ4n) is 0.841. The van der Waals surface area contributed by atoms with E-state index in [0.717, 1.165) is 19.1 Å². The Labute approximate surface area is 75.7 Å². The van der Waals surface area contributed by atoms with Crippen molar-refractivity contribution in [1.82, 2.24) is 0 Å². The quantitative estimate of drug-likeness (QED) is 0.780. The molecule has 0 saturated carbocycles. The summed E-state index contributed by atoms with van der Waals surface area (Å²) in [5.74, 6) is -0.637. The number of hydrogen-bond acceptors (Lipinski definition) is 3. The number of rotatable bonds is 2. The Morgan fingerprint density at radius 2 is 2.08 bits per heavy atom. The van der Waals surface area contributed by atoms with Crippen molar-refractivity contribution < 1.29 is 17.9 Å². The predicted octanol–water partition coefficient (Wildman–Crippen LogP) is 0.938. The number of aliphatic hydroxyl groups excluding tert-OH is 1. The van der Waals surface area contributed by atoms with Gasteiger partial charge in [0.05, 0.1) is 4.90 Å². The Hall–Kier alpha value is -0.940. The molecule has 0 aliphatic rings. The molecule has 0 fully saturated rings. The average molecular weight is 204 g/mol. The van der Waals surface area contributed by atoms with Crippen LogP contribution in [0.1, 0.15) is 6.92 Å². The first-order valence-electron chi connectivity index (χ1n) is 3.62. The lowest BCUT2D eigenvalue weighted by Gasteiger charge is -2.06. The van der Waals surface area contributed by atoms with E-state index in [-0.39, 0.29) is 4.90 Å². The Kier molecular flexibility index (Phi) is 2.68. The van der Waals surface area contributed by atoms with E-state index < -0.39 is 21.1 Å². The van der Waals surface area contributed by atoms with E-state index >= 15 is 0 Å². The number of benzene rings is 1. The highest BCUT2D eigenvalue weighted by Gasteiger charge is 2.20. The smallest absolute Gasteiger partial charge is 0.204 e. The first-order valence-corrected chi connectivity index (χ1v) is 5.17. The molecular weight excluding hydrogens is 195 g/mol. The van der Waals surface area contributed by atoms with Gasteiger partial charge in [0.2, 0.25) is 9.84 Å². The second-order valence-electron chi connectivity index (χ2n) is 2.60. The summed E-state index contributed by atoms with van der Waals surface area (Å²) < 4.78 is 35.1. The van der Waals surface area contributed by atoms with Crippen LogP contribution in [0.5, 0.6) is 0 Å². The summed E-state index contributed by atoms with van der Waals surface area (Å²) in [7, 11) is -3.78. The molecule has 1 aromatic carbocycles. The van der Waals surface area contributed by atoms with Gasteiger partial charge in [-0.1, -0.05) is 6.07 Å². The van der Waals surface area contributed by atoms with Crippen LogP contribution in [0.15, 0.2) is 29.2 Å². The second-order valence-corrected chi connectivity index (χ2v) is 4.85. The van der Waals surface area contributed by atoms with E-state index in [0.29, 0.717) is 0 Å². The van der Waals surface area contributed by atoms with Crippen molar-refractivity contribution in [3.8, 4) is 0 Å². The van der Waals surface area contributed by atoms with Crippen molar-refractivity contribution in [2.75, 3.05) is 0 Å². The van der Waals surface area contributed by atoms with Gasteiger partial charge in [-0.15, -0.1) is 0 Å². The summed E-state index contributed by atoms with van der Waals surface area (Å²) in [6, 6.07) is 4.54. The fraction of sp³-hybridized carbons (Fsp3) is 0.250. The van der Waals surface area contributed by atoms with Gasteiger partial charge in [0.25, 0.3) is 0 Å². The maximum Gasteiger partial charge on any atom is 0.204 e. The van der Waals surface area contributed by atoms with Crippen molar-refractivity contribution in [2.45, 2.75) is 17.3 Å². The minimum Gasteiger partial charge on any atom is -0.377 e. The molecule has 72 valence electrons. The third-order valence-electron chi connectivity index (χ3n) is 1.57. The molecule has 0 unspecified atom stereocenters. The molecule has 0 amide bonds. The number of sulfone groups is 1. The maximum atomic E-state index is 12.6. The second kappa shape index (κ2) is 3.43. The predicted molar refractivity (Wildman–Crippen MR) is 45.3 cm³/mol. The maximum absolute atomic E-state index is 12.6. The van der Waals surface area contributed by atoms with Gasteiger partial charge in [-0.25, -0.2) is 12.8 Å². The summed E-state index contributed by atoms with van der Waals surface area (Å²) in [6.07, 6.45) is 0. The van der Waals surface area contributed by atoms with Crippen LogP contribution >= 0.6 is 0 Å². The SMILES string of the molecule is C[C@@H](O)S(=O)(=O)c1cccc(F)c1. The molecule has 0 saturated heterocycles. The van der Waals surface area contributed by atoms with Gasteiger partial charge < -0.3 is 5.11 Å². The molecule has 0 spiro atoms. The van der Waals surface area contributed by atoms with Crippen molar-refractivity contribution in [3.05, 3.63) is 30.1 Å².